The van der Waals surface area contributed by atoms with Gasteiger partial charge in [-0.1, -0.05) is 37.3 Å². The van der Waals surface area contributed by atoms with Crippen molar-refractivity contribution < 1.29 is 0 Å². The summed E-state index contributed by atoms with van der Waals surface area (Å²) in [7, 11) is 0. The first-order valence-corrected chi connectivity index (χ1v) is 4.53. The maximum atomic E-state index is 5.01. The second kappa shape index (κ2) is 5.10. The largest absolute Gasteiger partial charge is 0.305 e. The standard InChI is InChI=1S/C8H17N3/c9-11-10-8-6-4-2-1-3-5-7-8/h8H,1-7H2,(H2,9,10). The lowest BCUT2D eigenvalue weighted by Crippen LogP contribution is -2.06. The van der Waals surface area contributed by atoms with Gasteiger partial charge in [0.05, 0.1) is 6.04 Å². The molecule has 0 amide bonds. The summed E-state index contributed by atoms with van der Waals surface area (Å²) < 4.78 is 0. The molecule has 64 valence electrons. The fraction of sp³-hybridized carbons (Fsp3) is 1.00. The average Bonchev–Trinajstić information content (AvgIpc) is 1.94. The predicted octanol–water partition coefficient (Wildman–Crippen LogP) is 2.43. The second-order valence-electron chi connectivity index (χ2n) is 3.23. The van der Waals surface area contributed by atoms with E-state index < -0.39 is 0 Å². The maximum absolute atomic E-state index is 5.01. The fourth-order valence-electron chi connectivity index (χ4n) is 1.64. The minimum Gasteiger partial charge on any atom is -0.305 e. The molecule has 1 aliphatic carbocycles. The molecule has 2 N–H and O–H groups in total. The quantitative estimate of drug-likeness (QED) is 0.353. The second-order valence-corrected chi connectivity index (χ2v) is 3.23. The van der Waals surface area contributed by atoms with Crippen LogP contribution in [0.5, 0.6) is 0 Å². The van der Waals surface area contributed by atoms with Crippen molar-refractivity contribution in [3.05, 3.63) is 0 Å². The van der Waals surface area contributed by atoms with Crippen LogP contribution in [0.25, 0.3) is 0 Å². The summed E-state index contributed by atoms with van der Waals surface area (Å²) in [5.41, 5.74) is 0. The maximum Gasteiger partial charge on any atom is 0.0729 e. The van der Waals surface area contributed by atoms with Gasteiger partial charge in [0.25, 0.3) is 0 Å². The van der Waals surface area contributed by atoms with Crippen molar-refractivity contribution >= 4 is 0 Å². The molecule has 0 aromatic carbocycles. The molecule has 3 heteroatoms. The van der Waals surface area contributed by atoms with Crippen LogP contribution in [0.2, 0.25) is 0 Å². The molecule has 1 saturated carbocycles. The zero-order valence-corrected chi connectivity index (χ0v) is 7.00. The molecule has 3 nitrogen and oxygen atoms in total. The predicted molar refractivity (Wildman–Crippen MR) is 45.2 cm³/mol. The van der Waals surface area contributed by atoms with Crippen molar-refractivity contribution in [2.75, 3.05) is 0 Å². The van der Waals surface area contributed by atoms with E-state index in [4.69, 9.17) is 5.84 Å². The highest BCUT2D eigenvalue weighted by Crippen LogP contribution is 2.19. The number of hydrogen-bond donors (Lipinski definition) is 1. The lowest BCUT2D eigenvalue weighted by Gasteiger charge is -2.13. The molecule has 1 aliphatic rings. The molecule has 0 unspecified atom stereocenters. The van der Waals surface area contributed by atoms with Gasteiger partial charge >= 0.3 is 0 Å². The summed E-state index contributed by atoms with van der Waals surface area (Å²) in [5.74, 6) is 5.01. The van der Waals surface area contributed by atoms with E-state index in [9.17, 15) is 0 Å². The molecule has 0 heterocycles. The van der Waals surface area contributed by atoms with Gasteiger partial charge in [-0.3, -0.25) is 0 Å². The Balaban J connectivity index is 2.26. The minimum absolute atomic E-state index is 0.417. The molecule has 0 aromatic rings. The van der Waals surface area contributed by atoms with Gasteiger partial charge in [-0.2, -0.15) is 5.11 Å². The lowest BCUT2D eigenvalue weighted by atomic mass is 9.97. The number of rotatable bonds is 1. The molecule has 0 bridgehead atoms. The zero-order chi connectivity index (χ0) is 7.94. The molecule has 11 heavy (non-hydrogen) atoms. The zero-order valence-electron chi connectivity index (χ0n) is 7.00. The Hall–Kier alpha value is -0.600. The summed E-state index contributed by atoms with van der Waals surface area (Å²) in [6, 6.07) is 0.417. The molecule has 0 radical (unpaired) electrons. The summed E-state index contributed by atoms with van der Waals surface area (Å²) in [6.45, 7) is 0. The molecule has 0 saturated heterocycles. The van der Waals surface area contributed by atoms with Gasteiger partial charge in [0, 0.05) is 0 Å². The van der Waals surface area contributed by atoms with E-state index >= 15 is 0 Å². The lowest BCUT2D eigenvalue weighted by molar-refractivity contribution is 0.442. The Bertz CT molecular complexity index is 115. The molecule has 0 spiro atoms. The smallest absolute Gasteiger partial charge is 0.0729 e. The minimum atomic E-state index is 0.417. The summed E-state index contributed by atoms with van der Waals surface area (Å²) >= 11 is 0. The van der Waals surface area contributed by atoms with Gasteiger partial charge in [0.2, 0.25) is 0 Å². The molecule has 0 aromatic heterocycles. The summed E-state index contributed by atoms with van der Waals surface area (Å²) in [5, 5.41) is 7.34. The van der Waals surface area contributed by atoms with E-state index in [-0.39, 0.29) is 0 Å². The van der Waals surface area contributed by atoms with Crippen molar-refractivity contribution in [1.82, 2.24) is 0 Å². The van der Waals surface area contributed by atoms with Gasteiger partial charge in [0.15, 0.2) is 0 Å². The highest BCUT2D eigenvalue weighted by Gasteiger charge is 2.09. The number of hydrogen-bond acceptors (Lipinski definition) is 2. The van der Waals surface area contributed by atoms with Crippen molar-refractivity contribution in [2.24, 2.45) is 16.2 Å². The van der Waals surface area contributed by atoms with Crippen LogP contribution in [0.15, 0.2) is 10.3 Å². The topological polar surface area (TPSA) is 50.7 Å². The van der Waals surface area contributed by atoms with E-state index in [1.807, 2.05) is 0 Å². The Morgan fingerprint density at radius 2 is 1.45 bits per heavy atom. The molecular weight excluding hydrogens is 138 g/mol. The molecule has 0 atom stereocenters. The first-order chi connectivity index (χ1) is 5.43. The highest BCUT2D eigenvalue weighted by atomic mass is 15.3. The van der Waals surface area contributed by atoms with Crippen LogP contribution < -0.4 is 5.84 Å². The first kappa shape index (κ1) is 8.50. The number of nitrogens with two attached hydrogens (primary N) is 1. The van der Waals surface area contributed by atoms with Crippen LogP contribution in [0, 0.1) is 0 Å². The average molecular weight is 155 g/mol. The van der Waals surface area contributed by atoms with Crippen molar-refractivity contribution in [2.45, 2.75) is 51.0 Å². The van der Waals surface area contributed by atoms with Crippen LogP contribution in [-0.4, -0.2) is 6.04 Å². The number of nitrogens with zero attached hydrogens (tertiary/aromatic N) is 2. The van der Waals surface area contributed by atoms with E-state index in [0.29, 0.717) is 6.04 Å². The Labute approximate surface area is 68.0 Å². The first-order valence-electron chi connectivity index (χ1n) is 4.53. The van der Waals surface area contributed by atoms with Gasteiger partial charge < -0.3 is 5.84 Å². The summed E-state index contributed by atoms with van der Waals surface area (Å²) in [4.78, 5) is 0. The fourth-order valence-corrected chi connectivity index (χ4v) is 1.64. The third-order valence-corrected chi connectivity index (χ3v) is 2.30. The van der Waals surface area contributed by atoms with E-state index in [1.54, 1.807) is 0 Å². The Morgan fingerprint density at radius 1 is 0.909 bits per heavy atom. The Morgan fingerprint density at radius 3 is 2.00 bits per heavy atom. The van der Waals surface area contributed by atoms with Crippen LogP contribution in [0.1, 0.15) is 44.9 Å². The van der Waals surface area contributed by atoms with Crippen molar-refractivity contribution in [3.8, 4) is 0 Å². The van der Waals surface area contributed by atoms with Crippen molar-refractivity contribution in [1.29, 1.82) is 0 Å². The van der Waals surface area contributed by atoms with Crippen LogP contribution >= 0.6 is 0 Å². The van der Waals surface area contributed by atoms with E-state index in [0.717, 1.165) is 0 Å². The van der Waals surface area contributed by atoms with Gasteiger partial charge in [-0.25, -0.2) is 0 Å². The normalized spacial score (nSPS) is 23.3. The van der Waals surface area contributed by atoms with Crippen LogP contribution in [0.4, 0.5) is 0 Å². The van der Waals surface area contributed by atoms with Crippen molar-refractivity contribution in [3.63, 3.8) is 0 Å². The van der Waals surface area contributed by atoms with E-state index in [1.165, 1.54) is 44.9 Å². The Kier molecular flexibility index (Phi) is 3.94. The monoisotopic (exact) mass is 155 g/mol. The van der Waals surface area contributed by atoms with Crippen LogP contribution in [-0.2, 0) is 0 Å². The van der Waals surface area contributed by atoms with Gasteiger partial charge in [-0.15, -0.1) is 0 Å². The molecular formula is C8H17N3. The third kappa shape index (κ3) is 3.35. The van der Waals surface area contributed by atoms with Gasteiger partial charge in [0.1, 0.15) is 0 Å². The van der Waals surface area contributed by atoms with Crippen LogP contribution in [0.3, 0.4) is 0 Å². The highest BCUT2D eigenvalue weighted by molar-refractivity contribution is 4.67. The third-order valence-electron chi connectivity index (χ3n) is 2.30. The summed E-state index contributed by atoms with van der Waals surface area (Å²) in [6.07, 6.45) is 9.06. The molecule has 1 fully saturated rings. The SMILES string of the molecule is NN=NC1CCCCCCC1. The molecule has 1 rings (SSSR count). The molecule has 0 aliphatic heterocycles. The van der Waals surface area contributed by atoms with E-state index in [2.05, 4.69) is 10.3 Å². The van der Waals surface area contributed by atoms with Gasteiger partial charge in [-0.05, 0) is 12.8 Å².